The number of aromatic hydroxyl groups is 1. The third-order valence-electron chi connectivity index (χ3n) is 8.43. The number of aliphatic hydroxyl groups is 3. The van der Waals surface area contributed by atoms with Crippen LogP contribution in [0.2, 0.25) is 0 Å². The van der Waals surface area contributed by atoms with E-state index in [1.54, 1.807) is 32.6 Å². The first-order valence-corrected chi connectivity index (χ1v) is 13.2. The first kappa shape index (κ1) is 28.3. The number of pyridine rings is 1. The summed E-state index contributed by atoms with van der Waals surface area (Å²) in [5.74, 6) is -6.26. The lowest BCUT2D eigenvalue weighted by atomic mass is 9.57. The summed E-state index contributed by atoms with van der Waals surface area (Å²) >= 11 is 0. The number of aromatic nitrogens is 1. The van der Waals surface area contributed by atoms with Gasteiger partial charge in [0.1, 0.15) is 11.5 Å². The fraction of sp³-hybridized carbons (Fsp3) is 0.379. The number of phenols is 1. The molecule has 0 radical (unpaired) electrons. The third-order valence-corrected chi connectivity index (χ3v) is 8.43. The molecule has 8 N–H and O–H groups in total. The summed E-state index contributed by atoms with van der Waals surface area (Å²) in [6, 6.07) is 4.30. The first-order valence-electron chi connectivity index (χ1n) is 13.2. The minimum atomic E-state index is -2.64. The monoisotopic (exact) mass is 564 g/mol. The first-order chi connectivity index (χ1) is 19.3. The van der Waals surface area contributed by atoms with E-state index < -0.39 is 58.0 Å². The molecule has 12 nitrogen and oxygen atoms in total. The number of benzene rings is 1. The Morgan fingerprint density at radius 2 is 1.90 bits per heavy atom. The molecule has 3 aliphatic carbocycles. The quantitative estimate of drug-likeness (QED) is 0.265. The number of carbonyl (C=O) groups excluding carboxylic acids is 3. The van der Waals surface area contributed by atoms with Crippen LogP contribution in [0.1, 0.15) is 23.1 Å². The maximum absolute atomic E-state index is 14.1. The van der Waals surface area contributed by atoms with Crippen LogP contribution >= 0.6 is 0 Å². The van der Waals surface area contributed by atoms with Crippen molar-refractivity contribution >= 4 is 34.6 Å². The normalized spacial score (nSPS) is 25.6. The second-order valence-electron chi connectivity index (χ2n) is 11.3. The van der Waals surface area contributed by atoms with Crippen LogP contribution in [-0.4, -0.2) is 87.6 Å². The molecule has 216 valence electrons. The predicted octanol–water partition coefficient (Wildman–Crippen LogP) is 0.320. The van der Waals surface area contributed by atoms with E-state index in [1.807, 2.05) is 31.1 Å². The molecule has 0 aliphatic heterocycles. The van der Waals surface area contributed by atoms with Crippen molar-refractivity contribution in [1.29, 1.82) is 0 Å². The summed E-state index contributed by atoms with van der Waals surface area (Å²) in [5, 5.41) is 49.0. The number of hydrogen-bond donors (Lipinski definition) is 6. The van der Waals surface area contributed by atoms with Crippen LogP contribution in [0.5, 0.6) is 5.75 Å². The van der Waals surface area contributed by atoms with E-state index in [0.717, 1.165) is 11.4 Å². The summed E-state index contributed by atoms with van der Waals surface area (Å²) in [5.41, 5.74) is 2.27. The van der Waals surface area contributed by atoms with Crippen molar-refractivity contribution in [2.45, 2.75) is 31.0 Å². The number of ketones is 2. The number of carbonyl (C=O) groups is 3. The zero-order valence-corrected chi connectivity index (χ0v) is 23.3. The Kier molecular flexibility index (Phi) is 6.88. The number of aliphatic hydroxyl groups excluding tert-OH is 2. The largest absolute Gasteiger partial charge is 0.508 e. The number of quaternary nitrogens is 1. The van der Waals surface area contributed by atoms with Crippen LogP contribution in [0.15, 0.2) is 47.5 Å². The van der Waals surface area contributed by atoms with Gasteiger partial charge in [0, 0.05) is 55.8 Å². The molecule has 4 atom stereocenters. The van der Waals surface area contributed by atoms with Gasteiger partial charge in [-0.3, -0.25) is 25.2 Å². The summed E-state index contributed by atoms with van der Waals surface area (Å²) in [6.07, 6.45) is 3.55. The Balaban J connectivity index is 1.68. The van der Waals surface area contributed by atoms with E-state index in [-0.39, 0.29) is 36.3 Å². The summed E-state index contributed by atoms with van der Waals surface area (Å²) in [4.78, 5) is 47.1. The molecule has 0 spiro atoms. The van der Waals surface area contributed by atoms with Gasteiger partial charge in [0.05, 0.1) is 17.3 Å². The number of Topliss-reactive ketones (excluding diaryl/α,β-unsaturated/α-hetero) is 2. The molecule has 41 heavy (non-hydrogen) atoms. The number of phenolic OH excluding ortho intramolecular Hbond substituents is 1. The molecule has 1 fully saturated rings. The maximum Gasteiger partial charge on any atom is 0.348 e. The second-order valence-corrected chi connectivity index (χ2v) is 11.3. The zero-order valence-electron chi connectivity index (χ0n) is 23.3. The van der Waals surface area contributed by atoms with Crippen molar-refractivity contribution in [3.05, 3.63) is 64.2 Å². The summed E-state index contributed by atoms with van der Waals surface area (Å²) in [6.45, 7) is 0.183. The molecule has 2 aromatic rings. The van der Waals surface area contributed by atoms with Crippen LogP contribution < -0.4 is 16.0 Å². The highest BCUT2D eigenvalue weighted by Gasteiger charge is 2.64. The number of nitrogens with zero attached hydrogens (tertiary/aromatic N) is 3. The lowest BCUT2D eigenvalue weighted by Crippen LogP contribution is -2.68. The van der Waals surface area contributed by atoms with E-state index in [1.165, 1.54) is 4.90 Å². The van der Waals surface area contributed by atoms with Crippen LogP contribution in [0.4, 0.5) is 11.4 Å². The zero-order chi connectivity index (χ0) is 30.0. The lowest BCUT2D eigenvalue weighted by Gasteiger charge is -2.50. The van der Waals surface area contributed by atoms with Crippen molar-refractivity contribution in [1.82, 2.24) is 9.88 Å². The van der Waals surface area contributed by atoms with Gasteiger partial charge >= 0.3 is 5.91 Å². The van der Waals surface area contributed by atoms with Gasteiger partial charge in [-0.25, -0.2) is 4.79 Å². The van der Waals surface area contributed by atoms with Crippen LogP contribution in [0, 0.1) is 11.8 Å². The molecule has 3 aliphatic rings. The molecule has 1 aromatic carbocycles. The molecule has 12 heteroatoms. The molecule has 1 saturated carbocycles. The van der Waals surface area contributed by atoms with Gasteiger partial charge in [-0.15, -0.1) is 0 Å². The molecule has 0 bridgehead atoms. The van der Waals surface area contributed by atoms with E-state index >= 15 is 0 Å². The highest BCUT2D eigenvalue weighted by atomic mass is 16.3. The highest BCUT2D eigenvalue weighted by molar-refractivity contribution is 6.22. The standard InChI is InChI=1S/C29H33N5O7/c1-33(2)18-10-14(11-32-15-6-5-7-31-12-15)23(35)20-16(18)8-13-9-17-22(34(3)4)25(37)21(28(30)40)27(39)29(17,41)26(38)19(13)24(20)36/h5-7,10,12-13,17,22,32,35-36,39,41H,8-9,11H2,1-4H3,(H2,30,40)/p+1. The minimum absolute atomic E-state index is 0.0519. The number of anilines is 2. The van der Waals surface area contributed by atoms with Crippen LogP contribution in [0.25, 0.3) is 5.76 Å². The molecule has 1 heterocycles. The van der Waals surface area contributed by atoms with Crippen LogP contribution in [0.3, 0.4) is 0 Å². The average molecular weight is 565 g/mol. The topological polar surface area (TPSA) is 191 Å². The van der Waals surface area contributed by atoms with E-state index in [4.69, 9.17) is 0 Å². The van der Waals surface area contributed by atoms with Crippen molar-refractivity contribution < 1.29 is 40.5 Å². The SMILES string of the molecule is CN(C)c1cc(CNc2cccnc2)c(O)c2c1CC1CC3C(N(C)C)C(=O)C(C([NH3+])=O)=C(O)C3(O)C(=O)C1=C2O. The number of likely N-dealkylation sites (N-methyl/N-ethyl adjacent to an activating group) is 1. The number of amides is 1. The van der Waals surface area contributed by atoms with Crippen LogP contribution in [-0.2, 0) is 27.3 Å². The van der Waals surface area contributed by atoms with Crippen molar-refractivity contribution in [3.63, 3.8) is 0 Å². The van der Waals surface area contributed by atoms with E-state index in [9.17, 15) is 34.8 Å². The van der Waals surface area contributed by atoms with Gasteiger partial charge in [0.25, 0.3) is 0 Å². The summed E-state index contributed by atoms with van der Waals surface area (Å²) in [7, 11) is 6.83. The maximum atomic E-state index is 14.1. The van der Waals surface area contributed by atoms with Gasteiger partial charge < -0.3 is 30.6 Å². The third kappa shape index (κ3) is 4.17. The molecular weight excluding hydrogens is 530 g/mol. The number of fused-ring (bicyclic) bond motifs is 3. The lowest BCUT2D eigenvalue weighted by molar-refractivity contribution is -0.299. The Morgan fingerprint density at radius 3 is 2.49 bits per heavy atom. The van der Waals surface area contributed by atoms with Gasteiger partial charge in [-0.05, 0) is 56.6 Å². The average Bonchev–Trinajstić information content (AvgIpc) is 2.90. The Hall–Kier alpha value is -4.26. The number of hydrogen-bond acceptors (Lipinski definition) is 11. The van der Waals surface area contributed by atoms with Gasteiger partial charge in [0.2, 0.25) is 5.78 Å². The Bertz CT molecular complexity index is 1530. The van der Waals surface area contributed by atoms with Gasteiger partial charge in [-0.1, -0.05) is 0 Å². The number of rotatable bonds is 6. The van der Waals surface area contributed by atoms with Gasteiger partial charge in [-0.2, -0.15) is 0 Å². The van der Waals surface area contributed by atoms with Crippen molar-refractivity contribution in [2.75, 3.05) is 38.4 Å². The minimum Gasteiger partial charge on any atom is -0.508 e. The smallest absolute Gasteiger partial charge is 0.348 e. The molecule has 4 unspecified atom stereocenters. The second kappa shape index (κ2) is 9.98. The predicted molar refractivity (Wildman–Crippen MR) is 149 cm³/mol. The van der Waals surface area contributed by atoms with Crippen molar-refractivity contribution in [2.24, 2.45) is 11.8 Å². The highest BCUT2D eigenvalue weighted by Crippen LogP contribution is 2.54. The fourth-order valence-corrected chi connectivity index (χ4v) is 6.58. The summed E-state index contributed by atoms with van der Waals surface area (Å²) < 4.78 is 0. The molecule has 5 rings (SSSR count). The Labute approximate surface area is 236 Å². The van der Waals surface area contributed by atoms with Gasteiger partial charge in [0.15, 0.2) is 22.7 Å². The van der Waals surface area contributed by atoms with Crippen molar-refractivity contribution in [3.8, 4) is 5.75 Å². The molecule has 1 aromatic heterocycles. The molecular formula is C29H34N5O7+. The van der Waals surface area contributed by atoms with E-state index in [2.05, 4.69) is 16.0 Å². The molecule has 1 amide bonds. The van der Waals surface area contributed by atoms with E-state index in [0.29, 0.717) is 11.1 Å². The number of nitrogens with one attached hydrogen (secondary N) is 1. The molecule has 0 saturated heterocycles. The Morgan fingerprint density at radius 1 is 1.20 bits per heavy atom. The fourth-order valence-electron chi connectivity index (χ4n) is 6.58.